The molecule has 0 saturated carbocycles. The largest absolute Gasteiger partial charge is 0.493 e. The third-order valence-electron chi connectivity index (χ3n) is 6.18. The molecule has 176 valence electrons. The first-order valence-corrected chi connectivity index (χ1v) is 11.2. The number of amides is 2. The van der Waals surface area contributed by atoms with Gasteiger partial charge < -0.3 is 19.3 Å². The molecule has 0 aliphatic carbocycles. The SMILES string of the molecule is CCOc1cc(C(=O)N2CCN([C@H](C)C(=O)N3CCCCC3)CC2)c([N+](=O)[O-])cc1OC. The fourth-order valence-electron chi connectivity index (χ4n) is 4.32. The number of ether oxygens (including phenoxy) is 2. The Morgan fingerprint density at radius 2 is 1.69 bits per heavy atom. The highest BCUT2D eigenvalue weighted by Gasteiger charge is 2.33. The molecular formula is C22H32N4O6. The lowest BCUT2D eigenvalue weighted by Crippen LogP contribution is -2.56. The lowest BCUT2D eigenvalue weighted by Gasteiger charge is -2.39. The van der Waals surface area contributed by atoms with Crippen LogP contribution in [0.15, 0.2) is 12.1 Å². The first-order valence-electron chi connectivity index (χ1n) is 11.2. The molecular weight excluding hydrogens is 416 g/mol. The molecule has 2 fully saturated rings. The third-order valence-corrected chi connectivity index (χ3v) is 6.18. The maximum atomic E-state index is 13.2. The quantitative estimate of drug-likeness (QED) is 0.465. The second kappa shape index (κ2) is 10.6. The van der Waals surface area contributed by atoms with Crippen LogP contribution in [0.25, 0.3) is 0 Å². The Morgan fingerprint density at radius 1 is 1.03 bits per heavy atom. The summed E-state index contributed by atoms with van der Waals surface area (Å²) in [7, 11) is 1.40. The van der Waals surface area contributed by atoms with Gasteiger partial charge in [-0.2, -0.15) is 0 Å². The summed E-state index contributed by atoms with van der Waals surface area (Å²) in [5, 5.41) is 11.6. The second-order valence-electron chi connectivity index (χ2n) is 8.10. The van der Waals surface area contributed by atoms with Gasteiger partial charge in [-0.3, -0.25) is 24.6 Å². The average molecular weight is 449 g/mol. The highest BCUT2D eigenvalue weighted by Crippen LogP contribution is 2.35. The van der Waals surface area contributed by atoms with Gasteiger partial charge >= 0.3 is 0 Å². The lowest BCUT2D eigenvalue weighted by molar-refractivity contribution is -0.385. The van der Waals surface area contributed by atoms with Gasteiger partial charge in [0.15, 0.2) is 11.5 Å². The van der Waals surface area contributed by atoms with Crippen LogP contribution < -0.4 is 9.47 Å². The molecule has 2 heterocycles. The summed E-state index contributed by atoms with van der Waals surface area (Å²) in [4.78, 5) is 42.6. The Kier molecular flexibility index (Phi) is 7.89. The van der Waals surface area contributed by atoms with Crippen LogP contribution in [-0.2, 0) is 4.79 Å². The molecule has 2 aliphatic rings. The van der Waals surface area contributed by atoms with Gasteiger partial charge in [0.25, 0.3) is 11.6 Å². The lowest BCUT2D eigenvalue weighted by atomic mass is 10.1. The van der Waals surface area contributed by atoms with Crippen LogP contribution in [0.5, 0.6) is 11.5 Å². The van der Waals surface area contributed by atoms with Crippen molar-refractivity contribution in [2.24, 2.45) is 0 Å². The molecule has 0 bridgehead atoms. The first-order chi connectivity index (χ1) is 15.4. The normalized spacial score (nSPS) is 18.2. The van der Waals surface area contributed by atoms with E-state index in [1.54, 1.807) is 11.8 Å². The summed E-state index contributed by atoms with van der Waals surface area (Å²) in [6.07, 6.45) is 3.26. The summed E-state index contributed by atoms with van der Waals surface area (Å²) in [5.41, 5.74) is -0.337. The van der Waals surface area contributed by atoms with Gasteiger partial charge in [-0.25, -0.2) is 0 Å². The van der Waals surface area contributed by atoms with E-state index in [0.29, 0.717) is 38.5 Å². The van der Waals surface area contributed by atoms with E-state index in [0.717, 1.165) is 25.9 Å². The van der Waals surface area contributed by atoms with E-state index >= 15 is 0 Å². The molecule has 0 aromatic heterocycles. The van der Waals surface area contributed by atoms with E-state index in [-0.39, 0.29) is 28.9 Å². The van der Waals surface area contributed by atoms with Gasteiger partial charge in [-0.1, -0.05) is 0 Å². The number of piperazine rings is 1. The molecule has 1 aromatic carbocycles. The topological polar surface area (TPSA) is 105 Å². The Morgan fingerprint density at radius 3 is 2.25 bits per heavy atom. The number of nitrogens with zero attached hydrogens (tertiary/aromatic N) is 4. The molecule has 0 N–H and O–H groups in total. The van der Waals surface area contributed by atoms with Gasteiger partial charge in [-0.05, 0) is 33.1 Å². The van der Waals surface area contributed by atoms with Gasteiger partial charge in [0.2, 0.25) is 5.91 Å². The number of nitro benzene ring substituents is 1. The number of rotatable bonds is 7. The van der Waals surface area contributed by atoms with E-state index < -0.39 is 10.8 Å². The Bertz CT molecular complexity index is 847. The van der Waals surface area contributed by atoms with E-state index in [4.69, 9.17) is 9.47 Å². The zero-order valence-electron chi connectivity index (χ0n) is 19.0. The van der Waals surface area contributed by atoms with Crippen LogP contribution in [-0.4, -0.2) is 90.5 Å². The van der Waals surface area contributed by atoms with Crippen molar-refractivity contribution in [2.45, 2.75) is 39.2 Å². The number of hydrogen-bond donors (Lipinski definition) is 0. The number of likely N-dealkylation sites (tertiary alicyclic amines) is 1. The van der Waals surface area contributed by atoms with Crippen molar-refractivity contribution in [1.82, 2.24) is 14.7 Å². The predicted molar refractivity (Wildman–Crippen MR) is 118 cm³/mol. The van der Waals surface area contributed by atoms with Crippen LogP contribution in [0, 0.1) is 10.1 Å². The van der Waals surface area contributed by atoms with Crippen LogP contribution >= 0.6 is 0 Å². The third kappa shape index (κ3) is 5.12. The number of hydrogen-bond acceptors (Lipinski definition) is 7. The molecule has 0 unspecified atom stereocenters. The molecule has 1 aromatic rings. The maximum Gasteiger partial charge on any atom is 0.286 e. The molecule has 0 radical (unpaired) electrons. The van der Waals surface area contributed by atoms with Gasteiger partial charge in [0, 0.05) is 45.3 Å². The van der Waals surface area contributed by atoms with Crippen molar-refractivity contribution in [1.29, 1.82) is 0 Å². The van der Waals surface area contributed by atoms with Crippen LogP contribution in [0.2, 0.25) is 0 Å². The minimum atomic E-state index is -0.582. The number of nitro groups is 1. The average Bonchev–Trinajstić information content (AvgIpc) is 2.83. The zero-order chi connectivity index (χ0) is 23.3. The predicted octanol–water partition coefficient (Wildman–Crippen LogP) is 2.16. The van der Waals surface area contributed by atoms with E-state index in [2.05, 4.69) is 4.90 Å². The smallest absolute Gasteiger partial charge is 0.286 e. The second-order valence-corrected chi connectivity index (χ2v) is 8.10. The maximum absolute atomic E-state index is 13.2. The monoisotopic (exact) mass is 448 g/mol. The number of benzene rings is 1. The van der Waals surface area contributed by atoms with Crippen molar-refractivity contribution in [2.75, 3.05) is 53.0 Å². The summed E-state index contributed by atoms with van der Waals surface area (Å²) in [5.74, 6) is 0.222. The molecule has 10 nitrogen and oxygen atoms in total. The summed E-state index contributed by atoms with van der Waals surface area (Å²) < 4.78 is 10.7. The molecule has 10 heteroatoms. The zero-order valence-corrected chi connectivity index (χ0v) is 19.0. The molecule has 32 heavy (non-hydrogen) atoms. The van der Waals surface area contributed by atoms with Gasteiger partial charge in [0.1, 0.15) is 5.56 Å². The standard InChI is InChI=1S/C22H32N4O6/c1-4-32-20-14-17(18(26(29)30)15-19(20)31-3)22(28)25-12-10-23(11-13-25)16(2)21(27)24-8-6-5-7-9-24/h14-16H,4-13H2,1-3H3/t16-/m1/s1. The highest BCUT2D eigenvalue weighted by molar-refractivity contribution is 5.99. The molecule has 0 spiro atoms. The van der Waals surface area contributed by atoms with Crippen LogP contribution in [0.4, 0.5) is 5.69 Å². The van der Waals surface area contributed by atoms with Crippen molar-refractivity contribution in [3.63, 3.8) is 0 Å². The summed E-state index contributed by atoms with van der Waals surface area (Å²) in [6, 6.07) is 2.37. The minimum absolute atomic E-state index is 0.0230. The van der Waals surface area contributed by atoms with Gasteiger partial charge in [0.05, 0.1) is 30.7 Å². The fraction of sp³-hybridized carbons (Fsp3) is 0.636. The Labute approximate surface area is 188 Å². The number of piperidine rings is 1. The first kappa shape index (κ1) is 23.8. The van der Waals surface area contributed by atoms with Crippen molar-refractivity contribution in [3.8, 4) is 11.5 Å². The van der Waals surface area contributed by atoms with E-state index in [1.165, 1.54) is 25.7 Å². The molecule has 2 amide bonds. The number of carbonyl (C=O) groups is 2. The van der Waals surface area contributed by atoms with Crippen LogP contribution in [0.3, 0.4) is 0 Å². The molecule has 3 rings (SSSR count). The molecule has 1 atom stereocenters. The van der Waals surface area contributed by atoms with Crippen molar-refractivity contribution < 1.29 is 24.0 Å². The fourth-order valence-corrected chi connectivity index (χ4v) is 4.32. The van der Waals surface area contributed by atoms with Crippen LogP contribution in [0.1, 0.15) is 43.5 Å². The number of methoxy groups -OCH3 is 1. The summed E-state index contributed by atoms with van der Waals surface area (Å²) >= 11 is 0. The number of carbonyl (C=O) groups excluding carboxylic acids is 2. The molecule has 2 saturated heterocycles. The summed E-state index contributed by atoms with van der Waals surface area (Å²) in [6.45, 7) is 7.51. The van der Waals surface area contributed by atoms with E-state index in [9.17, 15) is 19.7 Å². The van der Waals surface area contributed by atoms with Crippen molar-refractivity contribution >= 4 is 17.5 Å². The highest BCUT2D eigenvalue weighted by atomic mass is 16.6. The van der Waals surface area contributed by atoms with E-state index in [1.807, 2.05) is 11.8 Å². The van der Waals surface area contributed by atoms with Gasteiger partial charge in [-0.15, -0.1) is 0 Å². The minimum Gasteiger partial charge on any atom is -0.493 e. The Hall–Kier alpha value is -2.88. The van der Waals surface area contributed by atoms with Crippen molar-refractivity contribution in [3.05, 3.63) is 27.8 Å². The molecule has 2 aliphatic heterocycles. The Balaban J connectivity index is 1.70.